The lowest BCUT2D eigenvalue weighted by molar-refractivity contribution is -0.140. The third-order valence-corrected chi connectivity index (χ3v) is 4.11. The summed E-state index contributed by atoms with van der Waals surface area (Å²) in [6.07, 6.45) is 4.01. The Bertz CT molecular complexity index is 787. The molecule has 1 amide bonds. The maximum Gasteiger partial charge on any atom is 0.305 e. The predicted octanol–water partition coefficient (Wildman–Crippen LogP) is 4.00. The smallest absolute Gasteiger partial charge is 0.305 e. The van der Waals surface area contributed by atoms with Crippen LogP contribution >= 0.6 is 11.6 Å². The molecule has 0 atom stereocenters. The summed E-state index contributed by atoms with van der Waals surface area (Å²) in [6, 6.07) is 14.9. The molecule has 0 aromatic heterocycles. The van der Waals surface area contributed by atoms with Crippen LogP contribution in [0.3, 0.4) is 0 Å². The highest BCUT2D eigenvalue weighted by molar-refractivity contribution is 6.31. The molecule has 1 N–H and O–H groups in total. The maximum absolute atomic E-state index is 11.7. The summed E-state index contributed by atoms with van der Waals surface area (Å²) in [5.74, 6) is 0.231. The minimum Gasteiger partial charge on any atom is -0.489 e. The van der Waals surface area contributed by atoms with E-state index in [4.69, 9.17) is 16.3 Å². The summed E-state index contributed by atoms with van der Waals surface area (Å²) in [5.41, 5.74) is 1.80. The van der Waals surface area contributed by atoms with Crippen molar-refractivity contribution >= 4 is 29.6 Å². The van der Waals surface area contributed by atoms with Crippen molar-refractivity contribution in [2.24, 2.45) is 0 Å². The Morgan fingerprint density at radius 2 is 1.85 bits per heavy atom. The van der Waals surface area contributed by atoms with Gasteiger partial charge in [0.2, 0.25) is 5.91 Å². The van der Waals surface area contributed by atoms with Gasteiger partial charge in [0.1, 0.15) is 12.4 Å². The summed E-state index contributed by atoms with van der Waals surface area (Å²) in [6.45, 7) is 0.815. The lowest BCUT2D eigenvalue weighted by Gasteiger charge is -2.07. The third-order valence-electron chi connectivity index (χ3n) is 3.74. The number of hydrogen-bond donors (Lipinski definition) is 1. The number of carbonyl (C=O) groups is 2. The zero-order valence-corrected chi connectivity index (χ0v) is 15.9. The van der Waals surface area contributed by atoms with Gasteiger partial charge in [-0.2, -0.15) is 0 Å². The van der Waals surface area contributed by atoms with Gasteiger partial charge in [-0.25, -0.2) is 0 Å². The molecule has 0 radical (unpaired) electrons. The van der Waals surface area contributed by atoms with Crippen molar-refractivity contribution in [1.29, 1.82) is 0 Å². The SMILES string of the molecule is COC(=O)CCCNC(=O)/C=C/c1ccc(OCc2ccccc2Cl)cc1. The van der Waals surface area contributed by atoms with Crippen molar-refractivity contribution in [2.45, 2.75) is 19.4 Å². The number of nitrogens with one attached hydrogen (secondary N) is 1. The Kier molecular flexibility index (Phi) is 8.39. The molecule has 0 saturated heterocycles. The van der Waals surface area contributed by atoms with E-state index in [2.05, 4.69) is 10.1 Å². The fourth-order valence-electron chi connectivity index (χ4n) is 2.23. The van der Waals surface area contributed by atoms with Gasteiger partial charge < -0.3 is 14.8 Å². The van der Waals surface area contributed by atoms with Crippen LogP contribution in [0.25, 0.3) is 6.08 Å². The van der Waals surface area contributed by atoms with Gasteiger partial charge in [0, 0.05) is 29.6 Å². The van der Waals surface area contributed by atoms with Crippen molar-refractivity contribution in [3.63, 3.8) is 0 Å². The highest BCUT2D eigenvalue weighted by Gasteiger charge is 2.02. The molecular formula is C21H22ClNO4. The number of rotatable bonds is 9. The predicted molar refractivity (Wildman–Crippen MR) is 106 cm³/mol. The molecule has 0 bridgehead atoms. The molecule has 0 heterocycles. The van der Waals surface area contributed by atoms with Gasteiger partial charge in [-0.15, -0.1) is 0 Å². The van der Waals surface area contributed by atoms with E-state index in [-0.39, 0.29) is 18.3 Å². The second-order valence-electron chi connectivity index (χ2n) is 5.75. The average Bonchev–Trinajstić information content (AvgIpc) is 2.69. The van der Waals surface area contributed by atoms with Crippen molar-refractivity contribution in [3.05, 3.63) is 70.8 Å². The van der Waals surface area contributed by atoms with E-state index in [1.54, 1.807) is 6.08 Å². The first-order valence-electron chi connectivity index (χ1n) is 8.57. The highest BCUT2D eigenvalue weighted by atomic mass is 35.5. The van der Waals surface area contributed by atoms with E-state index in [1.807, 2.05) is 48.5 Å². The van der Waals surface area contributed by atoms with E-state index in [0.29, 0.717) is 24.6 Å². The van der Waals surface area contributed by atoms with E-state index in [0.717, 1.165) is 16.9 Å². The molecular weight excluding hydrogens is 366 g/mol. The summed E-state index contributed by atoms with van der Waals surface area (Å²) in [4.78, 5) is 22.7. The number of amides is 1. The summed E-state index contributed by atoms with van der Waals surface area (Å²) >= 11 is 6.10. The van der Waals surface area contributed by atoms with Crippen LogP contribution in [0.2, 0.25) is 5.02 Å². The van der Waals surface area contributed by atoms with Crippen molar-refractivity contribution in [1.82, 2.24) is 5.32 Å². The van der Waals surface area contributed by atoms with E-state index >= 15 is 0 Å². The normalized spacial score (nSPS) is 10.6. The average molecular weight is 388 g/mol. The number of carbonyl (C=O) groups excluding carboxylic acids is 2. The molecule has 0 aliphatic heterocycles. The third kappa shape index (κ3) is 7.54. The summed E-state index contributed by atoms with van der Waals surface area (Å²) < 4.78 is 10.3. The van der Waals surface area contributed by atoms with E-state index in [9.17, 15) is 9.59 Å². The molecule has 0 aliphatic rings. The molecule has 2 rings (SSSR count). The standard InChI is InChI=1S/C21H22ClNO4/c1-26-21(25)7-4-14-23-20(24)13-10-16-8-11-18(12-9-16)27-15-17-5-2-3-6-19(17)22/h2-3,5-6,8-13H,4,7,14-15H2,1H3,(H,23,24)/b13-10+. The topological polar surface area (TPSA) is 64.6 Å². The summed E-state index contributed by atoms with van der Waals surface area (Å²) in [5, 5.41) is 3.39. The highest BCUT2D eigenvalue weighted by Crippen LogP contribution is 2.19. The van der Waals surface area contributed by atoms with Crippen LogP contribution in [0.1, 0.15) is 24.0 Å². The lowest BCUT2D eigenvalue weighted by atomic mass is 10.2. The van der Waals surface area contributed by atoms with Crippen LogP contribution in [-0.2, 0) is 20.9 Å². The van der Waals surface area contributed by atoms with Gasteiger partial charge in [-0.3, -0.25) is 9.59 Å². The number of methoxy groups -OCH3 is 1. The van der Waals surface area contributed by atoms with Gasteiger partial charge in [0.05, 0.1) is 7.11 Å². The van der Waals surface area contributed by atoms with Crippen LogP contribution in [0.5, 0.6) is 5.75 Å². The van der Waals surface area contributed by atoms with Gasteiger partial charge in [-0.05, 0) is 36.3 Å². The number of halogens is 1. The second-order valence-corrected chi connectivity index (χ2v) is 6.16. The molecule has 6 heteroatoms. The van der Waals surface area contributed by atoms with Crippen LogP contribution in [0.4, 0.5) is 0 Å². The lowest BCUT2D eigenvalue weighted by Crippen LogP contribution is -2.22. The van der Waals surface area contributed by atoms with Gasteiger partial charge >= 0.3 is 5.97 Å². The zero-order chi connectivity index (χ0) is 19.5. The van der Waals surface area contributed by atoms with Crippen molar-refractivity contribution in [2.75, 3.05) is 13.7 Å². The van der Waals surface area contributed by atoms with Crippen LogP contribution in [0, 0.1) is 0 Å². The Morgan fingerprint density at radius 3 is 2.56 bits per heavy atom. The van der Waals surface area contributed by atoms with Gasteiger partial charge in [-0.1, -0.05) is 41.9 Å². The molecule has 142 valence electrons. The first-order valence-corrected chi connectivity index (χ1v) is 8.95. The first-order chi connectivity index (χ1) is 13.1. The Balaban J connectivity index is 1.76. The second kappa shape index (κ2) is 11.0. The first kappa shape index (κ1) is 20.5. The number of hydrogen-bond acceptors (Lipinski definition) is 4. The molecule has 5 nitrogen and oxygen atoms in total. The molecule has 0 spiro atoms. The van der Waals surface area contributed by atoms with Crippen LogP contribution in [0.15, 0.2) is 54.6 Å². The maximum atomic E-state index is 11.7. The quantitative estimate of drug-likeness (QED) is 0.401. The molecule has 2 aromatic carbocycles. The Morgan fingerprint density at radius 1 is 1.11 bits per heavy atom. The van der Waals surface area contributed by atoms with Gasteiger partial charge in [0.25, 0.3) is 0 Å². The van der Waals surface area contributed by atoms with E-state index < -0.39 is 0 Å². The number of benzene rings is 2. The fraction of sp³-hybridized carbons (Fsp3) is 0.238. The molecule has 0 fully saturated rings. The molecule has 2 aromatic rings. The van der Waals surface area contributed by atoms with Crippen LogP contribution in [-0.4, -0.2) is 25.5 Å². The molecule has 0 aliphatic carbocycles. The zero-order valence-electron chi connectivity index (χ0n) is 15.1. The fourth-order valence-corrected chi connectivity index (χ4v) is 2.42. The van der Waals surface area contributed by atoms with Gasteiger partial charge in [0.15, 0.2) is 0 Å². The molecule has 0 unspecified atom stereocenters. The minimum absolute atomic E-state index is 0.209. The monoisotopic (exact) mass is 387 g/mol. The molecule has 27 heavy (non-hydrogen) atoms. The van der Waals surface area contributed by atoms with Crippen LogP contribution < -0.4 is 10.1 Å². The minimum atomic E-state index is -0.281. The van der Waals surface area contributed by atoms with Crippen molar-refractivity contribution < 1.29 is 19.1 Å². The van der Waals surface area contributed by atoms with Crippen molar-refractivity contribution in [3.8, 4) is 5.75 Å². The number of esters is 1. The Hall–Kier alpha value is -2.79. The summed E-state index contributed by atoms with van der Waals surface area (Å²) in [7, 11) is 1.34. The largest absolute Gasteiger partial charge is 0.489 e. The van der Waals surface area contributed by atoms with E-state index in [1.165, 1.54) is 13.2 Å². The molecule has 0 saturated carbocycles. The number of ether oxygens (including phenoxy) is 2. The Labute approximate surface area is 163 Å².